The summed E-state index contributed by atoms with van der Waals surface area (Å²) in [5.41, 5.74) is 5.57. The van der Waals surface area contributed by atoms with Crippen LogP contribution in [0.15, 0.2) is 91.0 Å². The third-order valence-electron chi connectivity index (χ3n) is 10.0. The van der Waals surface area contributed by atoms with Gasteiger partial charge in [-0.15, -0.1) is 0 Å². The molecule has 6 aromatic rings. The fourth-order valence-electron chi connectivity index (χ4n) is 7.32. The predicted octanol–water partition coefficient (Wildman–Crippen LogP) is 8.90. The molecule has 0 spiro atoms. The average Bonchev–Trinajstić information content (AvgIpc) is 3.32. The fourth-order valence-corrected chi connectivity index (χ4v) is 7.32. The Morgan fingerprint density at radius 3 is 1.57 bits per heavy atom. The van der Waals surface area contributed by atoms with Gasteiger partial charge in [0.05, 0.1) is 11.2 Å². The van der Waals surface area contributed by atoms with E-state index in [1.54, 1.807) is 0 Å². The van der Waals surface area contributed by atoms with Gasteiger partial charge in [0.2, 0.25) is 0 Å². The number of hydrogen-bond donors (Lipinski definition) is 0. The maximum absolute atomic E-state index is 6.48. The van der Waals surface area contributed by atoms with Crippen LogP contribution in [0, 0.1) is 0 Å². The van der Waals surface area contributed by atoms with Crippen LogP contribution < -0.4 is 5.46 Å². The van der Waals surface area contributed by atoms with E-state index in [4.69, 9.17) is 9.31 Å². The topological polar surface area (TPSA) is 18.5 Å². The zero-order valence-electron chi connectivity index (χ0n) is 24.1. The van der Waals surface area contributed by atoms with E-state index in [9.17, 15) is 0 Å². The van der Waals surface area contributed by atoms with Gasteiger partial charge in [-0.05, 0) is 98.5 Å². The van der Waals surface area contributed by atoms with E-state index in [1.165, 1.54) is 65.3 Å². The van der Waals surface area contributed by atoms with E-state index in [0.29, 0.717) is 0 Å². The second-order valence-corrected chi connectivity index (χ2v) is 13.2. The van der Waals surface area contributed by atoms with E-state index in [-0.39, 0.29) is 23.7 Å². The van der Waals surface area contributed by atoms with Crippen molar-refractivity contribution in [2.75, 3.05) is 0 Å². The largest absolute Gasteiger partial charge is 0.494 e. The number of fused-ring (bicyclic) bond motifs is 13. The zero-order valence-corrected chi connectivity index (χ0v) is 24.1. The standard InChI is InChI=1S/C37H33BO2/c1-35(2)30-21-22(38-39-36(3,4)37(5,6)40-38)19-20-29(30)32-28-18-12-11-17-27(28)31-25-15-9-7-13-23(25)24-14-8-10-16-26(24)33(31)34(32)35/h7-21H,1-6H3. The van der Waals surface area contributed by atoms with Crippen LogP contribution in [0.5, 0.6) is 0 Å². The molecule has 0 atom stereocenters. The highest BCUT2D eigenvalue weighted by Crippen LogP contribution is 2.56. The van der Waals surface area contributed by atoms with E-state index >= 15 is 0 Å². The fraction of sp³-hybridized carbons (Fsp3) is 0.243. The summed E-state index contributed by atoms with van der Waals surface area (Å²) in [6.07, 6.45) is 0. The summed E-state index contributed by atoms with van der Waals surface area (Å²) in [5.74, 6) is 0. The van der Waals surface area contributed by atoms with E-state index in [0.717, 1.165) is 5.46 Å². The number of benzene rings is 6. The van der Waals surface area contributed by atoms with Gasteiger partial charge in [-0.3, -0.25) is 0 Å². The summed E-state index contributed by atoms with van der Waals surface area (Å²) in [7, 11) is -0.381. The first-order valence-electron chi connectivity index (χ1n) is 14.4. The van der Waals surface area contributed by atoms with Crippen molar-refractivity contribution in [1.82, 2.24) is 0 Å². The summed E-state index contributed by atoms with van der Waals surface area (Å²) < 4.78 is 13.0. The molecular weight excluding hydrogens is 487 g/mol. The molecule has 0 amide bonds. The van der Waals surface area contributed by atoms with Gasteiger partial charge in [-0.25, -0.2) is 0 Å². The minimum absolute atomic E-state index is 0.210. The zero-order chi connectivity index (χ0) is 27.6. The van der Waals surface area contributed by atoms with Crippen LogP contribution >= 0.6 is 0 Å². The lowest BCUT2D eigenvalue weighted by atomic mass is 9.73. The van der Waals surface area contributed by atoms with Gasteiger partial charge in [-0.1, -0.05) is 105 Å². The molecule has 1 saturated heterocycles. The Labute approximate surface area is 236 Å². The lowest BCUT2D eigenvalue weighted by molar-refractivity contribution is 0.00578. The predicted molar refractivity (Wildman–Crippen MR) is 170 cm³/mol. The molecule has 6 aromatic carbocycles. The summed E-state index contributed by atoms with van der Waals surface area (Å²) in [5, 5.41) is 10.6. The molecule has 0 radical (unpaired) electrons. The molecule has 1 fully saturated rings. The van der Waals surface area contributed by atoms with Crippen molar-refractivity contribution >= 4 is 55.7 Å². The molecule has 0 aromatic heterocycles. The van der Waals surface area contributed by atoms with Gasteiger partial charge in [0.15, 0.2) is 0 Å². The highest BCUT2D eigenvalue weighted by molar-refractivity contribution is 6.62. The minimum Gasteiger partial charge on any atom is -0.399 e. The maximum Gasteiger partial charge on any atom is 0.494 e. The molecule has 40 heavy (non-hydrogen) atoms. The van der Waals surface area contributed by atoms with Crippen molar-refractivity contribution in [2.45, 2.75) is 58.2 Å². The molecule has 8 rings (SSSR count). The molecule has 1 aliphatic heterocycles. The molecule has 0 saturated carbocycles. The molecule has 0 N–H and O–H groups in total. The summed E-state index contributed by atoms with van der Waals surface area (Å²) in [6.45, 7) is 13.3. The Morgan fingerprint density at radius 2 is 1.00 bits per heavy atom. The lowest BCUT2D eigenvalue weighted by Gasteiger charge is -2.32. The van der Waals surface area contributed by atoms with Crippen LogP contribution in [0.1, 0.15) is 52.7 Å². The summed E-state index contributed by atoms with van der Waals surface area (Å²) in [4.78, 5) is 0. The van der Waals surface area contributed by atoms with Crippen molar-refractivity contribution in [1.29, 1.82) is 0 Å². The van der Waals surface area contributed by atoms with Crippen LogP contribution in [0.25, 0.3) is 54.2 Å². The molecule has 196 valence electrons. The van der Waals surface area contributed by atoms with E-state index < -0.39 is 0 Å². The Kier molecular flexibility index (Phi) is 4.68. The Hall–Kier alpha value is -3.66. The lowest BCUT2D eigenvalue weighted by Crippen LogP contribution is -2.41. The maximum atomic E-state index is 6.48. The van der Waals surface area contributed by atoms with Crippen molar-refractivity contribution in [3.63, 3.8) is 0 Å². The van der Waals surface area contributed by atoms with Gasteiger partial charge in [0.1, 0.15) is 0 Å². The van der Waals surface area contributed by atoms with Gasteiger partial charge < -0.3 is 9.31 Å². The van der Waals surface area contributed by atoms with Gasteiger partial charge in [0, 0.05) is 5.41 Å². The molecule has 0 bridgehead atoms. The van der Waals surface area contributed by atoms with Crippen LogP contribution in [0.3, 0.4) is 0 Å². The highest BCUT2D eigenvalue weighted by Gasteiger charge is 2.52. The van der Waals surface area contributed by atoms with E-state index in [1.807, 2.05) is 0 Å². The van der Waals surface area contributed by atoms with Crippen molar-refractivity contribution in [2.24, 2.45) is 0 Å². The van der Waals surface area contributed by atoms with Crippen molar-refractivity contribution in [3.8, 4) is 11.1 Å². The highest BCUT2D eigenvalue weighted by atomic mass is 16.7. The monoisotopic (exact) mass is 520 g/mol. The Bertz CT molecular complexity index is 2030. The Morgan fingerprint density at radius 1 is 0.525 bits per heavy atom. The molecule has 1 heterocycles. The average molecular weight is 520 g/mol. The Balaban J connectivity index is 1.50. The second-order valence-electron chi connectivity index (χ2n) is 13.2. The molecular formula is C37H33BO2. The molecule has 1 aliphatic carbocycles. The van der Waals surface area contributed by atoms with E-state index in [2.05, 4.69) is 133 Å². The second kappa shape index (κ2) is 7.75. The number of rotatable bonds is 1. The molecule has 3 heteroatoms. The minimum atomic E-state index is -0.381. The van der Waals surface area contributed by atoms with Gasteiger partial charge in [0.25, 0.3) is 0 Å². The SMILES string of the molecule is CC1(C)c2cc(B3OC(C)(C)C(C)(C)O3)ccc2-c2c1c1c3ccccc3c3ccccc3c1c1ccccc21. The first kappa shape index (κ1) is 24.2. The van der Waals surface area contributed by atoms with Crippen LogP contribution in [0.4, 0.5) is 0 Å². The van der Waals surface area contributed by atoms with Crippen LogP contribution in [-0.2, 0) is 14.7 Å². The summed E-state index contributed by atoms with van der Waals surface area (Å²) >= 11 is 0. The summed E-state index contributed by atoms with van der Waals surface area (Å²) in [6, 6.07) is 33.7. The number of hydrogen-bond acceptors (Lipinski definition) is 2. The first-order valence-corrected chi connectivity index (χ1v) is 14.4. The molecule has 2 aliphatic rings. The van der Waals surface area contributed by atoms with Gasteiger partial charge in [-0.2, -0.15) is 0 Å². The third-order valence-corrected chi connectivity index (χ3v) is 10.0. The molecule has 0 unspecified atom stereocenters. The van der Waals surface area contributed by atoms with Crippen molar-refractivity contribution < 1.29 is 9.31 Å². The van der Waals surface area contributed by atoms with Crippen molar-refractivity contribution in [3.05, 3.63) is 102 Å². The normalized spacial score (nSPS) is 18.6. The van der Waals surface area contributed by atoms with Crippen LogP contribution in [-0.4, -0.2) is 18.3 Å². The first-order chi connectivity index (χ1) is 19.1. The van der Waals surface area contributed by atoms with Crippen LogP contribution in [0.2, 0.25) is 0 Å². The smallest absolute Gasteiger partial charge is 0.399 e. The third kappa shape index (κ3) is 2.97. The molecule has 2 nitrogen and oxygen atoms in total. The van der Waals surface area contributed by atoms with Gasteiger partial charge >= 0.3 is 7.12 Å². The quantitative estimate of drug-likeness (QED) is 0.159.